The average molecular weight is 333 g/mol. The van der Waals surface area contributed by atoms with E-state index in [1.54, 1.807) is 24.3 Å². The third kappa shape index (κ3) is 4.47. The average Bonchev–Trinajstić information content (AvgIpc) is 2.43. The lowest BCUT2D eigenvalue weighted by Crippen LogP contribution is -2.41. The second-order valence-corrected chi connectivity index (χ2v) is 6.49. The molecule has 0 aromatic heterocycles. The number of rotatable bonds is 6. The number of hydrogen-bond donors (Lipinski definition) is 4. The number of nitrogens with one attached hydrogen (secondary N) is 3. The Kier molecular flexibility index (Phi) is 5.43. The number of benzene rings is 1. The molecule has 0 unspecified atom stereocenters. The largest absolute Gasteiger partial charge is 0.481 e. The molecule has 1 fully saturated rings. The number of carbonyl (C=O) groups excluding carboxylic acids is 2. The van der Waals surface area contributed by atoms with Crippen LogP contribution in [0.1, 0.15) is 39.5 Å². The van der Waals surface area contributed by atoms with Crippen LogP contribution < -0.4 is 16.0 Å². The molecule has 1 aliphatic carbocycles. The van der Waals surface area contributed by atoms with Gasteiger partial charge >= 0.3 is 12.0 Å². The van der Waals surface area contributed by atoms with Crippen molar-refractivity contribution in [2.24, 2.45) is 5.41 Å². The van der Waals surface area contributed by atoms with Crippen LogP contribution in [0.4, 0.5) is 16.2 Å². The smallest absolute Gasteiger partial charge is 0.319 e. The van der Waals surface area contributed by atoms with E-state index < -0.39 is 11.4 Å². The quantitative estimate of drug-likeness (QED) is 0.642. The van der Waals surface area contributed by atoms with Gasteiger partial charge < -0.3 is 21.1 Å². The molecule has 7 nitrogen and oxygen atoms in total. The van der Waals surface area contributed by atoms with E-state index in [2.05, 4.69) is 16.0 Å². The zero-order chi connectivity index (χ0) is 17.7. The zero-order valence-electron chi connectivity index (χ0n) is 13.9. The van der Waals surface area contributed by atoms with E-state index in [0.29, 0.717) is 24.2 Å². The number of amides is 3. The summed E-state index contributed by atoms with van der Waals surface area (Å²) in [7, 11) is 0. The van der Waals surface area contributed by atoms with E-state index in [9.17, 15) is 19.5 Å². The van der Waals surface area contributed by atoms with Gasteiger partial charge in [0.15, 0.2) is 0 Å². The molecular weight excluding hydrogens is 310 g/mol. The second-order valence-electron chi connectivity index (χ2n) is 6.49. The molecule has 130 valence electrons. The first-order valence-corrected chi connectivity index (χ1v) is 8.01. The molecule has 3 amide bonds. The molecule has 1 aromatic rings. The highest BCUT2D eigenvalue weighted by Crippen LogP contribution is 2.44. The third-order valence-corrected chi connectivity index (χ3v) is 4.11. The number of hydrogen-bond acceptors (Lipinski definition) is 3. The summed E-state index contributed by atoms with van der Waals surface area (Å²) in [6.45, 7) is 3.73. The molecule has 0 bridgehead atoms. The van der Waals surface area contributed by atoms with Crippen LogP contribution in [-0.2, 0) is 9.59 Å². The summed E-state index contributed by atoms with van der Waals surface area (Å²) >= 11 is 0. The predicted molar refractivity (Wildman–Crippen MR) is 90.9 cm³/mol. The Morgan fingerprint density at radius 1 is 1.08 bits per heavy atom. The normalized spacial score (nSPS) is 15.3. The van der Waals surface area contributed by atoms with Gasteiger partial charge in [0.05, 0.1) is 5.41 Å². The summed E-state index contributed by atoms with van der Waals surface area (Å²) in [5, 5.41) is 17.4. The molecule has 1 aliphatic rings. The predicted octanol–water partition coefficient (Wildman–Crippen LogP) is 2.80. The third-order valence-electron chi connectivity index (χ3n) is 4.11. The fourth-order valence-corrected chi connectivity index (χ4v) is 2.65. The SMILES string of the molecule is CC(C)NC(=O)Nc1ccc(NC(=O)CC2(C(=O)O)CCC2)cc1. The van der Waals surface area contributed by atoms with Crippen molar-refractivity contribution in [2.75, 3.05) is 10.6 Å². The maximum atomic E-state index is 12.1. The van der Waals surface area contributed by atoms with Crippen LogP contribution in [0.5, 0.6) is 0 Å². The summed E-state index contributed by atoms with van der Waals surface area (Å²) < 4.78 is 0. The summed E-state index contributed by atoms with van der Waals surface area (Å²) in [4.78, 5) is 34.9. The summed E-state index contributed by atoms with van der Waals surface area (Å²) in [6, 6.07) is 6.41. The minimum Gasteiger partial charge on any atom is -0.481 e. The van der Waals surface area contributed by atoms with Crippen molar-refractivity contribution < 1.29 is 19.5 Å². The number of carboxylic acid groups (broad SMARTS) is 1. The molecule has 7 heteroatoms. The molecule has 0 spiro atoms. The molecule has 24 heavy (non-hydrogen) atoms. The van der Waals surface area contributed by atoms with E-state index in [4.69, 9.17) is 0 Å². The lowest BCUT2D eigenvalue weighted by molar-refractivity contribution is -0.157. The van der Waals surface area contributed by atoms with Gasteiger partial charge in [-0.2, -0.15) is 0 Å². The lowest BCUT2D eigenvalue weighted by Gasteiger charge is -2.36. The molecule has 0 saturated heterocycles. The Morgan fingerprint density at radius 3 is 2.04 bits per heavy atom. The summed E-state index contributed by atoms with van der Waals surface area (Å²) in [5.41, 5.74) is 0.266. The van der Waals surface area contributed by atoms with Gasteiger partial charge in [-0.25, -0.2) is 4.79 Å². The lowest BCUT2D eigenvalue weighted by atomic mass is 9.66. The van der Waals surface area contributed by atoms with Crippen molar-refractivity contribution >= 4 is 29.3 Å². The van der Waals surface area contributed by atoms with Crippen LogP contribution >= 0.6 is 0 Å². The van der Waals surface area contributed by atoms with E-state index in [-0.39, 0.29) is 24.4 Å². The Labute approximate surface area is 140 Å². The first-order valence-electron chi connectivity index (χ1n) is 8.01. The number of carbonyl (C=O) groups is 3. The molecular formula is C17H23N3O4. The van der Waals surface area contributed by atoms with Crippen molar-refractivity contribution in [3.63, 3.8) is 0 Å². The maximum absolute atomic E-state index is 12.1. The fraction of sp³-hybridized carbons (Fsp3) is 0.471. The van der Waals surface area contributed by atoms with Crippen LogP contribution in [0, 0.1) is 5.41 Å². The monoisotopic (exact) mass is 333 g/mol. The maximum Gasteiger partial charge on any atom is 0.319 e. The van der Waals surface area contributed by atoms with Crippen LogP contribution in [0.3, 0.4) is 0 Å². The van der Waals surface area contributed by atoms with Crippen LogP contribution in [0.2, 0.25) is 0 Å². The highest BCUT2D eigenvalue weighted by atomic mass is 16.4. The van der Waals surface area contributed by atoms with E-state index in [0.717, 1.165) is 6.42 Å². The molecule has 1 aromatic carbocycles. The summed E-state index contributed by atoms with van der Waals surface area (Å²) in [5.74, 6) is -1.21. The summed E-state index contributed by atoms with van der Waals surface area (Å²) in [6.07, 6.45) is 1.92. The van der Waals surface area contributed by atoms with Crippen LogP contribution in [0.25, 0.3) is 0 Å². The van der Waals surface area contributed by atoms with Gasteiger partial charge in [0.2, 0.25) is 5.91 Å². The van der Waals surface area contributed by atoms with Crippen molar-refractivity contribution in [2.45, 2.75) is 45.6 Å². The van der Waals surface area contributed by atoms with Crippen molar-refractivity contribution in [1.82, 2.24) is 5.32 Å². The van der Waals surface area contributed by atoms with Gasteiger partial charge in [-0.1, -0.05) is 6.42 Å². The molecule has 0 radical (unpaired) electrons. The number of carboxylic acids is 1. The molecule has 0 atom stereocenters. The van der Waals surface area contributed by atoms with Crippen molar-refractivity contribution in [1.29, 1.82) is 0 Å². The topological polar surface area (TPSA) is 108 Å². The van der Waals surface area contributed by atoms with Gasteiger partial charge in [0, 0.05) is 23.8 Å². The Morgan fingerprint density at radius 2 is 1.62 bits per heavy atom. The first kappa shape index (κ1) is 17.8. The highest BCUT2D eigenvalue weighted by Gasteiger charge is 2.45. The number of anilines is 2. The minimum atomic E-state index is -0.903. The molecule has 1 saturated carbocycles. The first-order chi connectivity index (χ1) is 11.3. The highest BCUT2D eigenvalue weighted by molar-refractivity contribution is 5.95. The molecule has 0 aliphatic heterocycles. The van der Waals surface area contributed by atoms with Gasteiger partial charge in [-0.15, -0.1) is 0 Å². The van der Waals surface area contributed by atoms with Gasteiger partial charge in [0.1, 0.15) is 0 Å². The van der Waals surface area contributed by atoms with E-state index >= 15 is 0 Å². The Balaban J connectivity index is 1.88. The van der Waals surface area contributed by atoms with Crippen molar-refractivity contribution in [3.8, 4) is 0 Å². The number of urea groups is 1. The molecule has 2 rings (SSSR count). The zero-order valence-corrected chi connectivity index (χ0v) is 13.9. The van der Waals surface area contributed by atoms with Gasteiger partial charge in [-0.05, 0) is 51.0 Å². The Hall–Kier alpha value is -2.57. The van der Waals surface area contributed by atoms with Crippen LogP contribution in [0.15, 0.2) is 24.3 Å². The van der Waals surface area contributed by atoms with Gasteiger partial charge in [-0.3, -0.25) is 9.59 Å². The van der Waals surface area contributed by atoms with E-state index in [1.165, 1.54) is 0 Å². The second kappa shape index (κ2) is 7.33. The fourth-order valence-electron chi connectivity index (χ4n) is 2.65. The van der Waals surface area contributed by atoms with Crippen LogP contribution in [-0.4, -0.2) is 29.1 Å². The standard InChI is InChI=1S/C17H23N3O4/c1-11(2)18-16(24)20-13-6-4-12(5-7-13)19-14(21)10-17(15(22)23)8-3-9-17/h4-7,11H,3,8-10H2,1-2H3,(H,19,21)(H,22,23)(H2,18,20,24). The molecule has 4 N–H and O–H groups in total. The van der Waals surface area contributed by atoms with E-state index in [1.807, 2.05) is 13.8 Å². The van der Waals surface area contributed by atoms with Crippen molar-refractivity contribution in [3.05, 3.63) is 24.3 Å². The Bertz CT molecular complexity index is 621. The number of aliphatic carboxylic acids is 1. The van der Waals surface area contributed by atoms with Gasteiger partial charge in [0.25, 0.3) is 0 Å². The molecule has 0 heterocycles. The minimum absolute atomic E-state index is 0.0148.